The minimum atomic E-state index is -5.84. The summed E-state index contributed by atoms with van der Waals surface area (Å²) >= 11 is 1.52. The second-order valence-corrected chi connectivity index (χ2v) is 6.64. The van der Waals surface area contributed by atoms with E-state index in [1.807, 2.05) is 13.8 Å². The first-order valence-corrected chi connectivity index (χ1v) is 7.13. The van der Waals surface area contributed by atoms with Crippen LogP contribution >= 0.6 is 15.9 Å². The number of alkyl halides is 7. The third-order valence-electron chi connectivity index (χ3n) is 3.89. The lowest BCUT2D eigenvalue weighted by Crippen LogP contribution is -2.58. The summed E-state index contributed by atoms with van der Waals surface area (Å²) in [5, 5.41) is 0. The molecule has 0 aliphatic heterocycles. The van der Waals surface area contributed by atoms with Crippen LogP contribution in [0.15, 0.2) is 0 Å². The summed E-state index contributed by atoms with van der Waals surface area (Å²) in [7, 11) is 0. The molecule has 0 aromatic carbocycles. The minimum Gasteiger partial charge on any atom is -0.461 e. The highest BCUT2D eigenvalue weighted by molar-refractivity contribution is 9.10. The molecule has 0 bridgehead atoms. The van der Waals surface area contributed by atoms with E-state index in [1.54, 1.807) is 0 Å². The van der Waals surface area contributed by atoms with Crippen molar-refractivity contribution in [3.05, 3.63) is 0 Å². The zero-order valence-electron chi connectivity index (χ0n) is 11.3. The molecule has 124 valence electrons. The maximum atomic E-state index is 12.7. The lowest BCUT2D eigenvalue weighted by Gasteiger charge is -2.35. The van der Waals surface area contributed by atoms with Crippen molar-refractivity contribution in [3.8, 4) is 0 Å². The third-order valence-corrected chi connectivity index (χ3v) is 5.11. The number of hydrogen-bond acceptors (Lipinski definition) is 2. The highest BCUT2D eigenvalue weighted by atomic mass is 79.9. The van der Waals surface area contributed by atoms with E-state index >= 15 is 0 Å². The molecule has 0 N–H and O–H groups in total. The molecule has 9 heteroatoms. The molecule has 1 aliphatic carbocycles. The van der Waals surface area contributed by atoms with Crippen LogP contribution in [0.1, 0.15) is 33.1 Å². The second-order valence-electron chi connectivity index (χ2n) is 5.45. The van der Waals surface area contributed by atoms with E-state index in [1.165, 1.54) is 15.9 Å². The number of ether oxygens (including phenoxy) is 1. The van der Waals surface area contributed by atoms with Crippen LogP contribution in [0, 0.1) is 11.8 Å². The average Bonchev–Trinajstić information content (AvgIpc) is 2.29. The Labute approximate surface area is 126 Å². The van der Waals surface area contributed by atoms with Crippen LogP contribution in [-0.2, 0) is 9.53 Å². The Hall–Kier alpha value is -0.470. The standard InChI is InChI=1S/C12H15BrF6O2/c1-6-3-4-8(5-7(6)2)21-9(20)10(13,11(14,15)16)12(17,18)19/h6-8H,3-5H2,1-2H3/t6-,7+,8+/m1/s1. The first-order valence-electron chi connectivity index (χ1n) is 6.34. The van der Waals surface area contributed by atoms with Crippen molar-refractivity contribution in [3.63, 3.8) is 0 Å². The lowest BCUT2D eigenvalue weighted by molar-refractivity contribution is -0.264. The molecule has 1 saturated carbocycles. The van der Waals surface area contributed by atoms with Crippen molar-refractivity contribution in [2.75, 3.05) is 0 Å². The molecule has 1 aliphatic rings. The van der Waals surface area contributed by atoms with Gasteiger partial charge in [-0.25, -0.2) is 4.79 Å². The Kier molecular flexibility index (Phi) is 5.28. The Morgan fingerprint density at radius 3 is 1.86 bits per heavy atom. The monoisotopic (exact) mass is 384 g/mol. The minimum absolute atomic E-state index is 0.0676. The smallest absolute Gasteiger partial charge is 0.423 e. The molecule has 1 fully saturated rings. The van der Waals surface area contributed by atoms with Gasteiger partial charge in [0, 0.05) is 0 Å². The largest absolute Gasteiger partial charge is 0.461 e. The Bertz CT molecular complexity index is 378. The molecule has 21 heavy (non-hydrogen) atoms. The summed E-state index contributed by atoms with van der Waals surface area (Å²) in [6.07, 6.45) is -11.5. The highest BCUT2D eigenvalue weighted by Crippen LogP contribution is 2.50. The second kappa shape index (κ2) is 5.96. The van der Waals surface area contributed by atoms with Gasteiger partial charge in [-0.1, -0.05) is 29.8 Å². The number of carbonyl (C=O) groups excluding carboxylic acids is 1. The number of carbonyl (C=O) groups is 1. The van der Waals surface area contributed by atoms with Gasteiger partial charge in [-0.15, -0.1) is 0 Å². The van der Waals surface area contributed by atoms with Gasteiger partial charge < -0.3 is 4.74 Å². The highest BCUT2D eigenvalue weighted by Gasteiger charge is 2.76. The predicted octanol–water partition coefficient (Wildman–Crippen LogP) is 4.61. The van der Waals surface area contributed by atoms with Crippen LogP contribution in [0.25, 0.3) is 0 Å². The molecular weight excluding hydrogens is 370 g/mol. The van der Waals surface area contributed by atoms with E-state index < -0.39 is 28.8 Å². The number of rotatable bonds is 2. The summed E-state index contributed by atoms with van der Waals surface area (Å²) in [4.78, 5) is 11.5. The molecule has 0 aromatic rings. The molecular formula is C12H15BrF6O2. The van der Waals surface area contributed by atoms with Crippen molar-refractivity contribution >= 4 is 21.9 Å². The van der Waals surface area contributed by atoms with Crippen LogP contribution in [0.5, 0.6) is 0 Å². The lowest BCUT2D eigenvalue weighted by atomic mass is 9.80. The van der Waals surface area contributed by atoms with E-state index in [9.17, 15) is 31.1 Å². The molecule has 0 heterocycles. The molecule has 0 aromatic heterocycles. The maximum absolute atomic E-state index is 12.7. The van der Waals surface area contributed by atoms with Crippen LogP contribution in [0.2, 0.25) is 0 Å². The van der Waals surface area contributed by atoms with Crippen molar-refractivity contribution in [2.24, 2.45) is 11.8 Å². The fourth-order valence-corrected chi connectivity index (χ4v) is 2.32. The van der Waals surface area contributed by atoms with Crippen molar-refractivity contribution in [1.29, 1.82) is 0 Å². The van der Waals surface area contributed by atoms with Gasteiger partial charge in [0.2, 0.25) is 0 Å². The fourth-order valence-electron chi connectivity index (χ4n) is 2.23. The zero-order valence-corrected chi connectivity index (χ0v) is 12.9. The zero-order chi connectivity index (χ0) is 16.6. The Morgan fingerprint density at radius 1 is 1.00 bits per heavy atom. The molecule has 3 atom stereocenters. The maximum Gasteiger partial charge on any atom is 0.423 e. The molecule has 0 radical (unpaired) electrons. The van der Waals surface area contributed by atoms with E-state index in [0.29, 0.717) is 12.3 Å². The topological polar surface area (TPSA) is 26.3 Å². The number of esters is 1. The van der Waals surface area contributed by atoms with Gasteiger partial charge in [0.25, 0.3) is 0 Å². The van der Waals surface area contributed by atoms with Crippen LogP contribution in [0.3, 0.4) is 0 Å². The van der Waals surface area contributed by atoms with Crippen molar-refractivity contribution in [1.82, 2.24) is 0 Å². The summed E-state index contributed by atoms with van der Waals surface area (Å²) in [5.41, 5.74) is 0. The number of halogens is 7. The average molecular weight is 385 g/mol. The van der Waals surface area contributed by atoms with Gasteiger partial charge in [0.1, 0.15) is 6.10 Å². The summed E-state index contributed by atoms with van der Waals surface area (Å²) in [6, 6.07) is 0. The van der Waals surface area contributed by atoms with E-state index in [0.717, 1.165) is 0 Å². The van der Waals surface area contributed by atoms with Crippen LogP contribution in [0.4, 0.5) is 26.3 Å². The third kappa shape index (κ3) is 3.65. The normalized spacial score (nSPS) is 28.3. The van der Waals surface area contributed by atoms with Gasteiger partial charge in [-0.3, -0.25) is 0 Å². The van der Waals surface area contributed by atoms with Gasteiger partial charge >= 0.3 is 22.6 Å². The summed E-state index contributed by atoms with van der Waals surface area (Å²) < 4.78 is 75.9. The predicted molar refractivity (Wildman–Crippen MR) is 65.8 cm³/mol. The fraction of sp³-hybridized carbons (Fsp3) is 0.917. The van der Waals surface area contributed by atoms with Crippen molar-refractivity contribution < 1.29 is 35.9 Å². The number of hydrogen-bond donors (Lipinski definition) is 0. The van der Waals surface area contributed by atoms with Gasteiger partial charge in [-0.05, 0) is 31.1 Å². The van der Waals surface area contributed by atoms with E-state index in [-0.39, 0.29) is 18.8 Å². The summed E-state index contributed by atoms with van der Waals surface area (Å²) in [5.74, 6) is -1.99. The van der Waals surface area contributed by atoms with Crippen LogP contribution < -0.4 is 0 Å². The quantitative estimate of drug-likeness (QED) is 0.394. The van der Waals surface area contributed by atoms with Crippen molar-refractivity contribution in [2.45, 2.75) is 55.9 Å². The molecule has 0 saturated heterocycles. The SMILES string of the molecule is C[C@@H]1CC[C@H](OC(=O)C(Br)(C(F)(F)F)C(F)(F)F)C[C@@H]1C. The van der Waals surface area contributed by atoms with Gasteiger partial charge in [0.15, 0.2) is 0 Å². The molecule has 0 spiro atoms. The van der Waals surface area contributed by atoms with E-state index in [4.69, 9.17) is 0 Å². The summed E-state index contributed by atoms with van der Waals surface area (Å²) in [6.45, 7) is 3.75. The molecule has 1 rings (SSSR count). The first kappa shape index (κ1) is 18.6. The Morgan fingerprint density at radius 2 is 1.48 bits per heavy atom. The molecule has 0 unspecified atom stereocenters. The van der Waals surface area contributed by atoms with Crippen LogP contribution in [-0.4, -0.2) is 28.8 Å². The van der Waals surface area contributed by atoms with E-state index in [2.05, 4.69) is 4.74 Å². The first-order chi connectivity index (χ1) is 9.30. The van der Waals surface area contributed by atoms with Gasteiger partial charge in [0.05, 0.1) is 0 Å². The Balaban J connectivity index is 2.89. The van der Waals surface area contributed by atoms with Gasteiger partial charge in [-0.2, -0.15) is 26.3 Å². The molecule has 0 amide bonds. The molecule has 2 nitrogen and oxygen atoms in total.